The third kappa shape index (κ3) is 7.37. The Hall–Kier alpha value is -0.570. The van der Waals surface area contributed by atoms with Crippen molar-refractivity contribution in [3.8, 4) is 0 Å². The maximum Gasteiger partial charge on any atom is 0.207 e. The largest absolute Gasteiger partial charge is 0.354 e. The number of nitrogens with one attached hydrogen (secondary N) is 1. The van der Waals surface area contributed by atoms with Crippen molar-refractivity contribution in [1.82, 2.24) is 10.2 Å². The Bertz CT molecular complexity index is 222. The lowest BCUT2D eigenvalue weighted by molar-refractivity contribution is -0.110. The SMILES string of the molecule is CC.CC1(NC=O)CC1.CN1CCC(C)(C)C1. The predicted octanol–water partition coefficient (Wildman–Crippen LogP) is 2.66. The van der Waals surface area contributed by atoms with Crippen LogP contribution in [0.5, 0.6) is 0 Å². The molecule has 0 aromatic heterocycles. The van der Waals surface area contributed by atoms with Gasteiger partial charge in [-0.3, -0.25) is 4.79 Å². The van der Waals surface area contributed by atoms with E-state index in [9.17, 15) is 4.79 Å². The zero-order valence-electron chi connectivity index (χ0n) is 12.5. The van der Waals surface area contributed by atoms with E-state index in [0.29, 0.717) is 5.41 Å². The molecule has 0 aromatic rings. The number of rotatable bonds is 2. The first-order chi connectivity index (χ1) is 7.87. The Balaban J connectivity index is 0.000000265. The highest BCUT2D eigenvalue weighted by molar-refractivity contribution is 5.48. The minimum atomic E-state index is 0.182. The van der Waals surface area contributed by atoms with Gasteiger partial charge in [0, 0.05) is 12.1 Å². The lowest BCUT2D eigenvalue weighted by Crippen LogP contribution is -2.25. The van der Waals surface area contributed by atoms with Gasteiger partial charge in [0.25, 0.3) is 0 Å². The van der Waals surface area contributed by atoms with Gasteiger partial charge in [-0.25, -0.2) is 0 Å². The Labute approximate surface area is 107 Å². The van der Waals surface area contributed by atoms with Crippen LogP contribution in [0, 0.1) is 5.41 Å². The monoisotopic (exact) mass is 242 g/mol. The maximum absolute atomic E-state index is 9.75. The Kier molecular flexibility index (Phi) is 6.76. The van der Waals surface area contributed by atoms with E-state index in [-0.39, 0.29) is 5.54 Å². The van der Waals surface area contributed by atoms with Crippen LogP contribution in [0.2, 0.25) is 0 Å². The summed E-state index contributed by atoms with van der Waals surface area (Å²) in [6.45, 7) is 13.3. The maximum atomic E-state index is 9.75. The van der Waals surface area contributed by atoms with Gasteiger partial charge < -0.3 is 10.2 Å². The fourth-order valence-corrected chi connectivity index (χ4v) is 1.86. The summed E-state index contributed by atoms with van der Waals surface area (Å²) in [4.78, 5) is 12.1. The molecule has 0 radical (unpaired) electrons. The first-order valence-corrected chi connectivity index (χ1v) is 6.77. The van der Waals surface area contributed by atoms with E-state index in [1.165, 1.54) is 19.5 Å². The summed E-state index contributed by atoms with van der Waals surface area (Å²) in [6, 6.07) is 0. The van der Waals surface area contributed by atoms with Gasteiger partial charge in [-0.15, -0.1) is 0 Å². The molecular formula is C14H30N2O. The van der Waals surface area contributed by atoms with Crippen LogP contribution in [0.1, 0.15) is 53.9 Å². The molecule has 1 saturated heterocycles. The van der Waals surface area contributed by atoms with Gasteiger partial charge >= 0.3 is 0 Å². The zero-order chi connectivity index (χ0) is 13.5. The Morgan fingerprint density at radius 3 is 1.76 bits per heavy atom. The third-order valence-electron chi connectivity index (χ3n) is 3.28. The molecule has 0 aromatic carbocycles. The summed E-state index contributed by atoms with van der Waals surface area (Å²) in [5.41, 5.74) is 0.774. The molecule has 0 bridgehead atoms. The molecule has 1 aliphatic heterocycles. The Morgan fingerprint density at radius 2 is 1.65 bits per heavy atom. The van der Waals surface area contributed by atoms with Crippen molar-refractivity contribution >= 4 is 6.41 Å². The van der Waals surface area contributed by atoms with E-state index in [1.54, 1.807) is 0 Å². The summed E-state index contributed by atoms with van der Waals surface area (Å²) in [6.07, 6.45) is 4.42. The van der Waals surface area contributed by atoms with E-state index in [1.807, 2.05) is 20.8 Å². The van der Waals surface area contributed by atoms with Crippen LogP contribution in [0.3, 0.4) is 0 Å². The smallest absolute Gasteiger partial charge is 0.207 e. The van der Waals surface area contributed by atoms with Gasteiger partial charge in [0.2, 0.25) is 6.41 Å². The molecule has 0 spiro atoms. The van der Waals surface area contributed by atoms with Crippen molar-refractivity contribution in [2.24, 2.45) is 5.41 Å². The van der Waals surface area contributed by atoms with Crippen LogP contribution >= 0.6 is 0 Å². The van der Waals surface area contributed by atoms with E-state index < -0.39 is 0 Å². The average Bonchev–Trinajstić information content (AvgIpc) is 2.89. The molecule has 2 aliphatic rings. The number of hydrogen-bond donors (Lipinski definition) is 1. The molecule has 1 heterocycles. The molecule has 0 atom stereocenters. The first kappa shape index (κ1) is 16.4. The average molecular weight is 242 g/mol. The fraction of sp³-hybridized carbons (Fsp3) is 0.929. The quantitative estimate of drug-likeness (QED) is 0.755. The number of nitrogens with zero attached hydrogens (tertiary/aromatic N) is 1. The van der Waals surface area contributed by atoms with Crippen molar-refractivity contribution in [2.75, 3.05) is 20.1 Å². The van der Waals surface area contributed by atoms with Gasteiger partial charge in [0.1, 0.15) is 0 Å². The van der Waals surface area contributed by atoms with Crippen molar-refractivity contribution in [3.05, 3.63) is 0 Å². The van der Waals surface area contributed by atoms with Gasteiger partial charge in [-0.2, -0.15) is 0 Å². The number of carbonyl (C=O) groups excluding carboxylic acids is 1. The highest BCUT2D eigenvalue weighted by Crippen LogP contribution is 2.33. The number of likely N-dealkylation sites (tertiary alicyclic amines) is 1. The van der Waals surface area contributed by atoms with Crippen LogP contribution in [-0.2, 0) is 4.79 Å². The van der Waals surface area contributed by atoms with E-state index in [4.69, 9.17) is 0 Å². The summed E-state index contributed by atoms with van der Waals surface area (Å²) in [5.74, 6) is 0. The molecule has 1 aliphatic carbocycles. The fourth-order valence-electron chi connectivity index (χ4n) is 1.86. The minimum Gasteiger partial charge on any atom is -0.354 e. The van der Waals surface area contributed by atoms with Gasteiger partial charge in [0.15, 0.2) is 0 Å². The number of hydrogen-bond acceptors (Lipinski definition) is 2. The lowest BCUT2D eigenvalue weighted by atomic mass is 9.93. The van der Waals surface area contributed by atoms with E-state index in [2.05, 4.69) is 31.1 Å². The van der Waals surface area contributed by atoms with Crippen molar-refractivity contribution < 1.29 is 4.79 Å². The second kappa shape index (κ2) is 7.00. The molecular weight excluding hydrogens is 212 g/mol. The summed E-state index contributed by atoms with van der Waals surface area (Å²) >= 11 is 0. The van der Waals surface area contributed by atoms with Gasteiger partial charge in [-0.05, 0) is 45.2 Å². The second-order valence-corrected chi connectivity index (χ2v) is 5.97. The first-order valence-electron chi connectivity index (χ1n) is 6.77. The van der Waals surface area contributed by atoms with E-state index >= 15 is 0 Å². The van der Waals surface area contributed by atoms with Crippen LogP contribution in [0.15, 0.2) is 0 Å². The van der Waals surface area contributed by atoms with Crippen LogP contribution in [0.4, 0.5) is 0 Å². The molecule has 1 amide bonds. The highest BCUT2D eigenvalue weighted by atomic mass is 16.1. The molecule has 3 heteroatoms. The van der Waals surface area contributed by atoms with Crippen LogP contribution in [0.25, 0.3) is 0 Å². The Morgan fingerprint density at radius 1 is 1.12 bits per heavy atom. The normalized spacial score (nSPS) is 23.6. The lowest BCUT2D eigenvalue weighted by Gasteiger charge is -2.15. The zero-order valence-corrected chi connectivity index (χ0v) is 12.5. The molecule has 102 valence electrons. The van der Waals surface area contributed by atoms with Gasteiger partial charge in [-0.1, -0.05) is 27.7 Å². The topological polar surface area (TPSA) is 32.3 Å². The molecule has 2 rings (SSSR count). The predicted molar refractivity (Wildman–Crippen MR) is 74.1 cm³/mol. The second-order valence-electron chi connectivity index (χ2n) is 5.97. The van der Waals surface area contributed by atoms with Crippen LogP contribution in [-0.4, -0.2) is 37.0 Å². The molecule has 0 unspecified atom stereocenters. The molecule has 1 N–H and O–H groups in total. The molecule has 17 heavy (non-hydrogen) atoms. The van der Waals surface area contributed by atoms with Crippen molar-refractivity contribution in [1.29, 1.82) is 0 Å². The number of amides is 1. The summed E-state index contributed by atoms with van der Waals surface area (Å²) in [5, 5.41) is 2.72. The minimum absolute atomic E-state index is 0.182. The van der Waals surface area contributed by atoms with E-state index in [0.717, 1.165) is 19.3 Å². The highest BCUT2D eigenvalue weighted by Gasteiger charge is 2.36. The standard InChI is InChI=1S/C7H15N.C5H9NO.C2H6/c1-7(2)4-5-8(3)6-7;1-5(2-3-5)6-4-7;1-2/h4-6H2,1-3H3;4H,2-3H2,1H3,(H,6,7);1-2H3. The van der Waals surface area contributed by atoms with Gasteiger partial charge in [0.05, 0.1) is 0 Å². The van der Waals surface area contributed by atoms with Crippen LogP contribution < -0.4 is 5.32 Å². The molecule has 1 saturated carbocycles. The van der Waals surface area contributed by atoms with Crippen molar-refractivity contribution in [3.63, 3.8) is 0 Å². The summed E-state index contributed by atoms with van der Waals surface area (Å²) in [7, 11) is 2.19. The number of carbonyl (C=O) groups is 1. The molecule has 3 nitrogen and oxygen atoms in total. The third-order valence-corrected chi connectivity index (χ3v) is 3.28. The summed E-state index contributed by atoms with van der Waals surface area (Å²) < 4.78 is 0. The molecule has 2 fully saturated rings. The van der Waals surface area contributed by atoms with Crippen molar-refractivity contribution in [2.45, 2.75) is 59.4 Å².